The van der Waals surface area contributed by atoms with Crippen molar-refractivity contribution in [3.8, 4) is 22.3 Å². The molecule has 0 N–H and O–H groups in total. The van der Waals surface area contributed by atoms with Crippen LogP contribution in [0.5, 0.6) is 0 Å². The number of hydrogen-bond acceptors (Lipinski definition) is 1. The molecular formula is C48H28S. The zero-order valence-corrected chi connectivity index (χ0v) is 27.4. The molecule has 0 atom stereocenters. The molecule has 11 aromatic rings. The first-order chi connectivity index (χ1) is 24.3. The zero-order valence-electron chi connectivity index (χ0n) is 26.6. The number of hydrogen-bond donors (Lipinski definition) is 0. The van der Waals surface area contributed by atoms with Crippen molar-refractivity contribution < 1.29 is 0 Å². The second kappa shape index (κ2) is 10.2. The molecule has 0 bridgehead atoms. The molecule has 1 heterocycles. The van der Waals surface area contributed by atoms with Crippen LogP contribution >= 0.6 is 11.3 Å². The molecule has 49 heavy (non-hydrogen) atoms. The van der Waals surface area contributed by atoms with Crippen LogP contribution in [0.15, 0.2) is 170 Å². The van der Waals surface area contributed by atoms with Crippen LogP contribution in [-0.4, -0.2) is 0 Å². The number of benzene rings is 10. The van der Waals surface area contributed by atoms with Crippen molar-refractivity contribution >= 4 is 96.1 Å². The Hall–Kier alpha value is -6.02. The highest BCUT2D eigenvalue weighted by Gasteiger charge is 2.15. The summed E-state index contributed by atoms with van der Waals surface area (Å²) in [5, 5.41) is 18.2. The minimum Gasteiger partial charge on any atom is -0.134 e. The fourth-order valence-electron chi connectivity index (χ4n) is 8.27. The van der Waals surface area contributed by atoms with Crippen LogP contribution < -0.4 is 0 Å². The lowest BCUT2D eigenvalue weighted by atomic mass is 9.94. The van der Waals surface area contributed by atoms with Crippen LogP contribution in [0, 0.1) is 0 Å². The van der Waals surface area contributed by atoms with E-state index in [1.807, 2.05) is 11.3 Å². The van der Waals surface area contributed by atoms with Crippen molar-refractivity contribution in [3.05, 3.63) is 170 Å². The van der Waals surface area contributed by atoms with Crippen molar-refractivity contribution in [2.45, 2.75) is 0 Å². The van der Waals surface area contributed by atoms with Gasteiger partial charge in [-0.15, -0.1) is 11.3 Å². The monoisotopic (exact) mass is 636 g/mol. The highest BCUT2D eigenvalue weighted by Crippen LogP contribution is 2.45. The largest absolute Gasteiger partial charge is 0.134 e. The minimum absolute atomic E-state index is 1.26. The lowest BCUT2D eigenvalue weighted by Gasteiger charge is -2.10. The molecule has 1 aromatic heterocycles. The summed E-state index contributed by atoms with van der Waals surface area (Å²) in [6.45, 7) is 0. The molecule has 0 nitrogen and oxygen atoms in total. The second-order valence-electron chi connectivity index (χ2n) is 13.2. The molecule has 0 aliphatic heterocycles. The smallest absolute Gasteiger partial charge is 0.0434 e. The van der Waals surface area contributed by atoms with Gasteiger partial charge >= 0.3 is 0 Å². The molecule has 0 spiro atoms. The summed E-state index contributed by atoms with van der Waals surface area (Å²) >= 11 is 1.92. The predicted octanol–water partition coefficient (Wildman–Crippen LogP) is 14.3. The van der Waals surface area contributed by atoms with Gasteiger partial charge in [-0.05, 0) is 99.0 Å². The van der Waals surface area contributed by atoms with E-state index in [-0.39, 0.29) is 0 Å². The highest BCUT2D eigenvalue weighted by atomic mass is 32.1. The fourth-order valence-corrected chi connectivity index (χ4v) is 9.64. The van der Waals surface area contributed by atoms with Gasteiger partial charge < -0.3 is 0 Å². The van der Waals surface area contributed by atoms with E-state index in [2.05, 4.69) is 170 Å². The standard InChI is InChI=1S/C48H28S/c1-3-9-35-29(7-1)15-23-43-37-21-17-33(27-31(37)19-25-41(35)43)39-11-5-13-45-46-14-6-12-40(48(46)49-47(39)45)34-18-22-38-32(28-34)20-26-42-36-10-4-2-8-30(36)16-24-44(38)42/h1-28H. The Morgan fingerprint density at radius 1 is 0.245 bits per heavy atom. The molecule has 0 saturated heterocycles. The third-order valence-electron chi connectivity index (χ3n) is 10.6. The van der Waals surface area contributed by atoms with Crippen molar-refractivity contribution in [2.24, 2.45) is 0 Å². The summed E-state index contributed by atoms with van der Waals surface area (Å²) in [5.74, 6) is 0. The van der Waals surface area contributed by atoms with Crippen molar-refractivity contribution in [1.82, 2.24) is 0 Å². The molecule has 1 heteroatoms. The third-order valence-corrected chi connectivity index (χ3v) is 11.9. The molecule has 0 unspecified atom stereocenters. The number of rotatable bonds is 2. The van der Waals surface area contributed by atoms with Gasteiger partial charge in [0.1, 0.15) is 0 Å². The van der Waals surface area contributed by atoms with Gasteiger partial charge in [-0.3, -0.25) is 0 Å². The lowest BCUT2D eigenvalue weighted by molar-refractivity contribution is 1.72. The summed E-state index contributed by atoms with van der Waals surface area (Å²) in [6.07, 6.45) is 0. The van der Waals surface area contributed by atoms with Crippen molar-refractivity contribution in [3.63, 3.8) is 0 Å². The third kappa shape index (κ3) is 3.97. The molecule has 226 valence electrons. The van der Waals surface area contributed by atoms with Gasteiger partial charge in [-0.2, -0.15) is 0 Å². The quantitative estimate of drug-likeness (QED) is 0.166. The first-order valence-corrected chi connectivity index (χ1v) is 17.7. The Labute approximate surface area is 287 Å². The Morgan fingerprint density at radius 2 is 0.612 bits per heavy atom. The molecular weight excluding hydrogens is 609 g/mol. The molecule has 0 radical (unpaired) electrons. The molecule has 10 aromatic carbocycles. The Balaban J connectivity index is 1.06. The van der Waals surface area contributed by atoms with Crippen molar-refractivity contribution in [1.29, 1.82) is 0 Å². The maximum absolute atomic E-state index is 2.38. The van der Waals surface area contributed by atoms with E-state index in [9.17, 15) is 0 Å². The van der Waals surface area contributed by atoms with Crippen LogP contribution in [-0.2, 0) is 0 Å². The Bertz CT molecular complexity index is 2950. The average Bonchev–Trinajstić information content (AvgIpc) is 3.56. The summed E-state index contributed by atoms with van der Waals surface area (Å²) in [4.78, 5) is 0. The summed E-state index contributed by atoms with van der Waals surface area (Å²) in [6, 6.07) is 63.2. The molecule has 0 saturated carbocycles. The molecule has 0 amide bonds. The molecule has 0 fully saturated rings. The van der Waals surface area contributed by atoms with E-state index in [4.69, 9.17) is 0 Å². The van der Waals surface area contributed by atoms with E-state index in [0.29, 0.717) is 0 Å². The van der Waals surface area contributed by atoms with Crippen LogP contribution in [0.2, 0.25) is 0 Å². The zero-order chi connectivity index (χ0) is 32.1. The van der Waals surface area contributed by atoms with Crippen LogP contribution in [0.4, 0.5) is 0 Å². The maximum atomic E-state index is 2.38. The van der Waals surface area contributed by atoms with E-state index in [0.717, 1.165) is 0 Å². The average molecular weight is 637 g/mol. The topological polar surface area (TPSA) is 0 Å². The summed E-state index contributed by atoms with van der Waals surface area (Å²) in [7, 11) is 0. The fraction of sp³-hybridized carbons (Fsp3) is 0. The van der Waals surface area contributed by atoms with E-state index >= 15 is 0 Å². The highest BCUT2D eigenvalue weighted by molar-refractivity contribution is 7.26. The first kappa shape index (κ1) is 27.0. The van der Waals surface area contributed by atoms with E-state index in [1.54, 1.807) is 0 Å². The SMILES string of the molecule is c1ccc2c(c1)ccc1c3ccc(-c4cccc5c4sc4c(-c6ccc7c(ccc8c9ccccc9ccc78)c6)cccc45)cc3ccc21. The maximum Gasteiger partial charge on any atom is 0.0434 e. The summed E-state index contributed by atoms with van der Waals surface area (Å²) in [5.41, 5.74) is 5.11. The van der Waals surface area contributed by atoms with Crippen LogP contribution in [0.3, 0.4) is 0 Å². The normalized spacial score (nSPS) is 12.1. The van der Waals surface area contributed by atoms with Gasteiger partial charge in [-0.25, -0.2) is 0 Å². The Morgan fingerprint density at radius 3 is 1.08 bits per heavy atom. The lowest BCUT2D eigenvalue weighted by Crippen LogP contribution is -1.83. The van der Waals surface area contributed by atoms with Crippen molar-refractivity contribution in [2.75, 3.05) is 0 Å². The van der Waals surface area contributed by atoms with Crippen LogP contribution in [0.25, 0.3) is 107 Å². The first-order valence-electron chi connectivity index (χ1n) is 16.9. The predicted molar refractivity (Wildman–Crippen MR) is 215 cm³/mol. The molecule has 0 aliphatic carbocycles. The molecule has 11 rings (SSSR count). The molecule has 0 aliphatic rings. The van der Waals surface area contributed by atoms with Gasteiger partial charge in [0.15, 0.2) is 0 Å². The number of fused-ring (bicyclic) bond motifs is 13. The van der Waals surface area contributed by atoms with Gasteiger partial charge in [0.05, 0.1) is 0 Å². The van der Waals surface area contributed by atoms with Gasteiger partial charge in [0.25, 0.3) is 0 Å². The summed E-state index contributed by atoms with van der Waals surface area (Å²) < 4.78 is 2.68. The second-order valence-corrected chi connectivity index (χ2v) is 14.3. The van der Waals surface area contributed by atoms with E-state index < -0.39 is 0 Å². The van der Waals surface area contributed by atoms with Crippen LogP contribution in [0.1, 0.15) is 0 Å². The van der Waals surface area contributed by atoms with E-state index in [1.165, 1.54) is 107 Å². The Kier molecular flexibility index (Phi) is 5.64. The minimum atomic E-state index is 1.26. The van der Waals surface area contributed by atoms with Gasteiger partial charge in [0, 0.05) is 20.2 Å². The van der Waals surface area contributed by atoms with Gasteiger partial charge in [-0.1, -0.05) is 158 Å². The number of thiophene rings is 1. The van der Waals surface area contributed by atoms with Gasteiger partial charge in [0.2, 0.25) is 0 Å².